The normalized spacial score (nSPS) is 35.4. The van der Waals surface area contributed by atoms with E-state index >= 15 is 0 Å². The second-order valence-corrected chi connectivity index (χ2v) is 5.32. The standard InChI is InChI=1S/C14H15NO3/c16-14(17-8-9-4-2-1-3-5-9)15-7-10-6-11(15)13-12(10)18-13/h1-5,10-13H,6-8H2/t10-,11-,12-,13+/m0/s1. The molecular weight excluding hydrogens is 230 g/mol. The van der Waals surface area contributed by atoms with Crippen molar-refractivity contribution in [2.75, 3.05) is 6.54 Å². The fraction of sp³-hybridized carbons (Fsp3) is 0.500. The van der Waals surface area contributed by atoms with Gasteiger partial charge in [0.05, 0.1) is 12.1 Å². The molecule has 3 fully saturated rings. The van der Waals surface area contributed by atoms with Crippen LogP contribution in [-0.4, -0.2) is 35.8 Å². The van der Waals surface area contributed by atoms with Crippen molar-refractivity contribution in [3.05, 3.63) is 35.9 Å². The van der Waals surface area contributed by atoms with Crippen molar-refractivity contribution in [1.82, 2.24) is 4.90 Å². The van der Waals surface area contributed by atoms with Gasteiger partial charge in [0.1, 0.15) is 12.7 Å². The Bertz CT molecular complexity index is 475. The van der Waals surface area contributed by atoms with Gasteiger partial charge in [0.15, 0.2) is 0 Å². The van der Waals surface area contributed by atoms with Gasteiger partial charge in [0, 0.05) is 12.5 Å². The first kappa shape index (κ1) is 10.4. The Labute approximate surface area is 105 Å². The number of piperidine rings is 1. The molecule has 4 heteroatoms. The van der Waals surface area contributed by atoms with Crippen LogP contribution in [0.1, 0.15) is 12.0 Å². The molecule has 2 heterocycles. The van der Waals surface area contributed by atoms with Gasteiger partial charge in [-0.15, -0.1) is 0 Å². The zero-order valence-electron chi connectivity index (χ0n) is 9.99. The number of fused-ring (bicyclic) bond motifs is 5. The van der Waals surface area contributed by atoms with Crippen molar-refractivity contribution < 1.29 is 14.3 Å². The molecule has 2 saturated heterocycles. The van der Waals surface area contributed by atoms with E-state index in [0.717, 1.165) is 18.5 Å². The number of amides is 1. The Balaban J connectivity index is 1.37. The van der Waals surface area contributed by atoms with E-state index in [2.05, 4.69) is 0 Å². The SMILES string of the molecule is O=C(OCc1ccccc1)N1C[C@@H]2C[C@H]1[C@H]1O[C@@H]21. The predicted octanol–water partition coefficient (Wildman–Crippen LogP) is 1.79. The Morgan fingerprint density at radius 1 is 1.33 bits per heavy atom. The Morgan fingerprint density at radius 2 is 2.17 bits per heavy atom. The first-order valence-corrected chi connectivity index (χ1v) is 6.46. The third-order valence-electron chi connectivity index (χ3n) is 4.22. The number of hydrogen-bond donors (Lipinski definition) is 0. The number of likely N-dealkylation sites (tertiary alicyclic amines) is 1. The Morgan fingerprint density at radius 3 is 2.89 bits per heavy atom. The van der Waals surface area contributed by atoms with E-state index < -0.39 is 0 Å². The van der Waals surface area contributed by atoms with Crippen molar-refractivity contribution in [1.29, 1.82) is 0 Å². The molecule has 4 nitrogen and oxygen atoms in total. The molecule has 2 bridgehead atoms. The van der Waals surface area contributed by atoms with Gasteiger partial charge in [0.2, 0.25) is 0 Å². The van der Waals surface area contributed by atoms with Crippen LogP contribution in [0.15, 0.2) is 30.3 Å². The van der Waals surface area contributed by atoms with Crippen molar-refractivity contribution >= 4 is 6.09 Å². The van der Waals surface area contributed by atoms with Crippen molar-refractivity contribution in [3.8, 4) is 0 Å². The highest BCUT2D eigenvalue weighted by Gasteiger charge is 2.64. The molecule has 0 radical (unpaired) electrons. The maximum absolute atomic E-state index is 12.0. The molecule has 1 aromatic carbocycles. The molecule has 1 aliphatic carbocycles. The lowest BCUT2D eigenvalue weighted by molar-refractivity contribution is 0.0862. The van der Waals surface area contributed by atoms with E-state index in [4.69, 9.17) is 9.47 Å². The minimum Gasteiger partial charge on any atom is -0.445 e. The summed E-state index contributed by atoms with van der Waals surface area (Å²) in [6.07, 6.45) is 1.64. The quantitative estimate of drug-likeness (QED) is 0.746. The van der Waals surface area contributed by atoms with E-state index in [9.17, 15) is 4.79 Å². The highest BCUT2D eigenvalue weighted by molar-refractivity contribution is 5.69. The monoisotopic (exact) mass is 245 g/mol. The molecule has 18 heavy (non-hydrogen) atoms. The third kappa shape index (κ3) is 1.52. The second kappa shape index (κ2) is 3.72. The summed E-state index contributed by atoms with van der Waals surface area (Å²) in [5.41, 5.74) is 1.02. The summed E-state index contributed by atoms with van der Waals surface area (Å²) in [4.78, 5) is 13.9. The summed E-state index contributed by atoms with van der Waals surface area (Å²) in [5, 5.41) is 0. The molecule has 94 valence electrons. The average Bonchev–Trinajstić information content (AvgIpc) is 3.02. The van der Waals surface area contributed by atoms with Crippen LogP contribution in [0, 0.1) is 5.92 Å². The van der Waals surface area contributed by atoms with Gasteiger partial charge < -0.3 is 14.4 Å². The number of carbonyl (C=O) groups is 1. The minimum atomic E-state index is -0.194. The van der Waals surface area contributed by atoms with Crippen LogP contribution in [0.4, 0.5) is 4.79 Å². The fourth-order valence-electron chi connectivity index (χ4n) is 3.29. The number of ether oxygens (including phenoxy) is 2. The van der Waals surface area contributed by atoms with Gasteiger partial charge in [-0.05, 0) is 12.0 Å². The number of carbonyl (C=O) groups excluding carboxylic acids is 1. The third-order valence-corrected chi connectivity index (χ3v) is 4.22. The molecule has 0 aromatic heterocycles. The first-order valence-electron chi connectivity index (χ1n) is 6.46. The second-order valence-electron chi connectivity index (χ2n) is 5.32. The van der Waals surface area contributed by atoms with Crippen molar-refractivity contribution in [3.63, 3.8) is 0 Å². The van der Waals surface area contributed by atoms with Gasteiger partial charge in [0.25, 0.3) is 0 Å². The van der Waals surface area contributed by atoms with Gasteiger partial charge in [-0.2, -0.15) is 0 Å². The number of nitrogens with zero attached hydrogens (tertiary/aromatic N) is 1. The van der Waals surface area contributed by atoms with Gasteiger partial charge in [-0.1, -0.05) is 30.3 Å². The maximum Gasteiger partial charge on any atom is 0.410 e. The van der Waals surface area contributed by atoms with Crippen molar-refractivity contribution in [2.24, 2.45) is 5.92 Å². The van der Waals surface area contributed by atoms with Crippen LogP contribution in [0.5, 0.6) is 0 Å². The molecule has 0 unspecified atom stereocenters. The number of hydrogen-bond acceptors (Lipinski definition) is 3. The first-order chi connectivity index (χ1) is 8.83. The molecule has 4 atom stereocenters. The van der Waals surface area contributed by atoms with Gasteiger partial charge in [-0.3, -0.25) is 0 Å². The molecule has 2 aliphatic heterocycles. The largest absolute Gasteiger partial charge is 0.445 e. The summed E-state index contributed by atoms with van der Waals surface area (Å²) < 4.78 is 10.9. The van der Waals surface area contributed by atoms with Crippen LogP contribution < -0.4 is 0 Å². The van der Waals surface area contributed by atoms with Gasteiger partial charge >= 0.3 is 6.09 Å². The molecule has 1 saturated carbocycles. The van der Waals surface area contributed by atoms with E-state index in [-0.39, 0.29) is 12.1 Å². The molecule has 3 aliphatic rings. The summed E-state index contributed by atoms with van der Waals surface area (Å²) >= 11 is 0. The summed E-state index contributed by atoms with van der Waals surface area (Å²) in [5.74, 6) is 0.546. The lowest BCUT2D eigenvalue weighted by Crippen LogP contribution is -2.41. The van der Waals surface area contributed by atoms with Crippen LogP contribution in [0.3, 0.4) is 0 Å². The predicted molar refractivity (Wildman–Crippen MR) is 63.9 cm³/mol. The fourth-order valence-corrected chi connectivity index (χ4v) is 3.29. The summed E-state index contributed by atoms with van der Waals surface area (Å²) in [7, 11) is 0. The number of benzene rings is 1. The maximum atomic E-state index is 12.0. The van der Waals surface area contributed by atoms with Crippen LogP contribution in [-0.2, 0) is 16.1 Å². The Kier molecular flexibility index (Phi) is 2.14. The summed E-state index contributed by atoms with van der Waals surface area (Å²) in [6, 6.07) is 10.0. The van der Waals surface area contributed by atoms with Crippen LogP contribution in [0.25, 0.3) is 0 Å². The van der Waals surface area contributed by atoms with E-state index in [1.54, 1.807) is 0 Å². The summed E-state index contributed by atoms with van der Waals surface area (Å²) in [6.45, 7) is 1.15. The minimum absolute atomic E-state index is 0.194. The molecule has 4 rings (SSSR count). The van der Waals surface area contributed by atoms with E-state index in [1.165, 1.54) is 0 Å². The lowest BCUT2D eigenvalue weighted by atomic mass is 10.1. The smallest absolute Gasteiger partial charge is 0.410 e. The zero-order valence-corrected chi connectivity index (χ0v) is 9.99. The molecule has 0 spiro atoms. The zero-order chi connectivity index (χ0) is 12.1. The molecular formula is C14H15NO3. The van der Waals surface area contributed by atoms with E-state index in [1.807, 2.05) is 35.2 Å². The van der Waals surface area contributed by atoms with Gasteiger partial charge in [-0.25, -0.2) is 4.79 Å². The Hall–Kier alpha value is -1.55. The van der Waals surface area contributed by atoms with Crippen molar-refractivity contribution in [2.45, 2.75) is 31.3 Å². The highest BCUT2D eigenvalue weighted by atomic mass is 16.6. The number of epoxide rings is 1. The highest BCUT2D eigenvalue weighted by Crippen LogP contribution is 2.50. The lowest BCUT2D eigenvalue weighted by Gasteiger charge is -2.24. The molecule has 1 aromatic rings. The van der Waals surface area contributed by atoms with E-state index in [0.29, 0.717) is 24.7 Å². The van der Waals surface area contributed by atoms with Crippen LogP contribution >= 0.6 is 0 Å². The topological polar surface area (TPSA) is 42.1 Å². The molecule has 0 N–H and O–H groups in total. The number of rotatable bonds is 2. The average molecular weight is 245 g/mol. The molecule has 1 amide bonds. The van der Waals surface area contributed by atoms with Crippen LogP contribution in [0.2, 0.25) is 0 Å².